The SMILES string of the molecule is CCCCCCCc1oc(C)c2c1Oc1ccccc1O2. The zero-order valence-corrected chi connectivity index (χ0v) is 12.8. The van der Waals surface area contributed by atoms with Crippen LogP contribution in [0.15, 0.2) is 28.7 Å². The molecule has 0 aliphatic carbocycles. The molecule has 1 aromatic heterocycles. The van der Waals surface area contributed by atoms with Gasteiger partial charge in [-0.3, -0.25) is 0 Å². The molecule has 1 aromatic carbocycles. The first-order valence-electron chi connectivity index (χ1n) is 7.86. The van der Waals surface area contributed by atoms with Gasteiger partial charge in [0.2, 0.25) is 11.5 Å². The Kier molecular flexibility index (Phi) is 4.18. The molecule has 1 aliphatic rings. The second kappa shape index (κ2) is 6.25. The van der Waals surface area contributed by atoms with Crippen LogP contribution in [-0.4, -0.2) is 0 Å². The van der Waals surface area contributed by atoms with Gasteiger partial charge in [0.25, 0.3) is 0 Å². The maximum Gasteiger partial charge on any atom is 0.211 e. The summed E-state index contributed by atoms with van der Waals surface area (Å²) in [7, 11) is 0. The first kappa shape index (κ1) is 14.1. The predicted molar refractivity (Wildman–Crippen MR) is 82.5 cm³/mol. The Morgan fingerprint density at radius 2 is 1.52 bits per heavy atom. The van der Waals surface area contributed by atoms with Crippen LogP contribution in [0.5, 0.6) is 23.0 Å². The first-order valence-corrected chi connectivity index (χ1v) is 7.86. The smallest absolute Gasteiger partial charge is 0.211 e. The van der Waals surface area contributed by atoms with Gasteiger partial charge in [-0.05, 0) is 25.5 Å². The molecule has 3 nitrogen and oxygen atoms in total. The number of ether oxygens (including phenoxy) is 2. The summed E-state index contributed by atoms with van der Waals surface area (Å²) in [5.74, 6) is 4.72. The standard InChI is InChI=1S/C18H22O3/c1-3-4-5-6-7-12-16-18-17(13(2)19-16)20-14-10-8-9-11-15(14)21-18/h8-11H,3-7,12H2,1-2H3. The molecule has 112 valence electrons. The fraction of sp³-hybridized carbons (Fsp3) is 0.444. The summed E-state index contributed by atoms with van der Waals surface area (Å²) in [5, 5.41) is 0. The van der Waals surface area contributed by atoms with E-state index in [0.29, 0.717) is 0 Å². The number of unbranched alkanes of at least 4 members (excludes halogenated alkanes) is 4. The van der Waals surface area contributed by atoms with Crippen LogP contribution >= 0.6 is 0 Å². The number of para-hydroxylation sites is 2. The molecular formula is C18H22O3. The molecule has 0 fully saturated rings. The summed E-state index contributed by atoms with van der Waals surface area (Å²) in [6.07, 6.45) is 7.14. The van der Waals surface area contributed by atoms with E-state index in [1.807, 2.05) is 31.2 Å². The molecule has 0 atom stereocenters. The molecule has 3 rings (SSSR count). The highest BCUT2D eigenvalue weighted by Crippen LogP contribution is 2.50. The van der Waals surface area contributed by atoms with Crippen molar-refractivity contribution in [2.24, 2.45) is 0 Å². The summed E-state index contributed by atoms with van der Waals surface area (Å²) in [6.45, 7) is 4.16. The van der Waals surface area contributed by atoms with Gasteiger partial charge in [-0.25, -0.2) is 0 Å². The van der Waals surface area contributed by atoms with Crippen molar-refractivity contribution in [3.8, 4) is 23.0 Å². The number of hydrogen-bond donors (Lipinski definition) is 0. The molecule has 0 saturated heterocycles. The summed E-state index contributed by atoms with van der Waals surface area (Å²) >= 11 is 0. The third-order valence-corrected chi connectivity index (χ3v) is 3.84. The van der Waals surface area contributed by atoms with Gasteiger partial charge >= 0.3 is 0 Å². The van der Waals surface area contributed by atoms with Gasteiger partial charge < -0.3 is 13.9 Å². The molecule has 2 heterocycles. The third-order valence-electron chi connectivity index (χ3n) is 3.84. The molecule has 0 saturated carbocycles. The lowest BCUT2D eigenvalue weighted by Gasteiger charge is -2.17. The normalized spacial score (nSPS) is 12.3. The van der Waals surface area contributed by atoms with E-state index >= 15 is 0 Å². The fourth-order valence-corrected chi connectivity index (χ4v) is 2.68. The first-order chi connectivity index (χ1) is 10.3. The molecule has 0 N–H and O–H groups in total. The largest absolute Gasteiger partial charge is 0.458 e. The van der Waals surface area contributed by atoms with Crippen molar-refractivity contribution in [3.63, 3.8) is 0 Å². The monoisotopic (exact) mass is 286 g/mol. The molecular weight excluding hydrogens is 264 g/mol. The molecule has 0 unspecified atom stereocenters. The molecule has 3 heteroatoms. The van der Waals surface area contributed by atoms with E-state index in [1.165, 1.54) is 25.7 Å². The summed E-state index contributed by atoms with van der Waals surface area (Å²) in [4.78, 5) is 0. The van der Waals surface area contributed by atoms with Crippen LogP contribution in [0.3, 0.4) is 0 Å². The van der Waals surface area contributed by atoms with Gasteiger partial charge in [-0.1, -0.05) is 44.7 Å². The van der Waals surface area contributed by atoms with Crippen molar-refractivity contribution in [3.05, 3.63) is 35.8 Å². The van der Waals surface area contributed by atoms with E-state index in [4.69, 9.17) is 13.9 Å². The molecule has 21 heavy (non-hydrogen) atoms. The number of aryl methyl sites for hydroxylation is 2. The zero-order valence-electron chi connectivity index (χ0n) is 12.8. The highest BCUT2D eigenvalue weighted by molar-refractivity contribution is 5.57. The van der Waals surface area contributed by atoms with Crippen molar-refractivity contribution in [2.75, 3.05) is 0 Å². The van der Waals surface area contributed by atoms with Gasteiger partial charge in [0, 0.05) is 6.42 Å². The second-order valence-corrected chi connectivity index (χ2v) is 5.55. The van der Waals surface area contributed by atoms with Gasteiger partial charge in [0.1, 0.15) is 5.76 Å². The van der Waals surface area contributed by atoms with Crippen LogP contribution in [0.4, 0.5) is 0 Å². The molecule has 0 spiro atoms. The van der Waals surface area contributed by atoms with Gasteiger partial charge in [-0.15, -0.1) is 0 Å². The van der Waals surface area contributed by atoms with E-state index in [0.717, 1.165) is 47.4 Å². The van der Waals surface area contributed by atoms with Crippen LogP contribution < -0.4 is 9.47 Å². The molecule has 1 aliphatic heterocycles. The van der Waals surface area contributed by atoms with E-state index in [9.17, 15) is 0 Å². The number of fused-ring (bicyclic) bond motifs is 2. The maximum absolute atomic E-state index is 5.99. The maximum atomic E-state index is 5.99. The Hall–Kier alpha value is -1.90. The Bertz CT molecular complexity index is 613. The highest BCUT2D eigenvalue weighted by atomic mass is 16.6. The van der Waals surface area contributed by atoms with Crippen LogP contribution in [0.2, 0.25) is 0 Å². The zero-order chi connectivity index (χ0) is 14.7. The number of benzene rings is 1. The van der Waals surface area contributed by atoms with E-state index in [1.54, 1.807) is 0 Å². The summed E-state index contributed by atoms with van der Waals surface area (Å²) in [6, 6.07) is 7.72. The Morgan fingerprint density at radius 1 is 0.857 bits per heavy atom. The van der Waals surface area contributed by atoms with Crippen LogP contribution in [0.25, 0.3) is 0 Å². The molecule has 0 amide bonds. The average molecular weight is 286 g/mol. The lowest BCUT2D eigenvalue weighted by molar-refractivity contribution is 0.358. The minimum absolute atomic E-state index is 0.734. The number of furan rings is 1. The summed E-state index contributed by atoms with van der Waals surface area (Å²) < 4.78 is 17.8. The molecule has 0 radical (unpaired) electrons. The van der Waals surface area contributed by atoms with E-state index in [-0.39, 0.29) is 0 Å². The summed E-state index contributed by atoms with van der Waals surface area (Å²) in [5.41, 5.74) is 0. The van der Waals surface area contributed by atoms with Gasteiger partial charge in [0.05, 0.1) is 0 Å². The minimum atomic E-state index is 0.734. The topological polar surface area (TPSA) is 31.6 Å². The Labute approximate surface area is 125 Å². The van der Waals surface area contributed by atoms with Gasteiger partial charge in [0.15, 0.2) is 17.3 Å². The number of hydrogen-bond acceptors (Lipinski definition) is 3. The van der Waals surface area contributed by atoms with Crippen LogP contribution in [0, 0.1) is 6.92 Å². The highest BCUT2D eigenvalue weighted by Gasteiger charge is 2.27. The van der Waals surface area contributed by atoms with E-state index < -0.39 is 0 Å². The lowest BCUT2D eigenvalue weighted by Crippen LogP contribution is -1.98. The van der Waals surface area contributed by atoms with Crippen molar-refractivity contribution < 1.29 is 13.9 Å². The van der Waals surface area contributed by atoms with Crippen molar-refractivity contribution in [2.45, 2.75) is 52.4 Å². The van der Waals surface area contributed by atoms with Crippen molar-refractivity contribution >= 4 is 0 Å². The average Bonchev–Trinajstić information content (AvgIpc) is 2.81. The molecule has 0 bridgehead atoms. The van der Waals surface area contributed by atoms with Crippen molar-refractivity contribution in [1.82, 2.24) is 0 Å². The Balaban J connectivity index is 1.71. The molecule has 2 aromatic rings. The minimum Gasteiger partial charge on any atom is -0.458 e. The predicted octanol–water partition coefficient (Wildman–Crippen LogP) is 6.00. The van der Waals surface area contributed by atoms with Crippen LogP contribution in [-0.2, 0) is 6.42 Å². The van der Waals surface area contributed by atoms with Crippen LogP contribution in [0.1, 0.15) is 50.5 Å². The lowest BCUT2D eigenvalue weighted by atomic mass is 10.1. The Morgan fingerprint density at radius 3 is 2.24 bits per heavy atom. The quantitative estimate of drug-likeness (QED) is 0.521. The second-order valence-electron chi connectivity index (χ2n) is 5.55. The van der Waals surface area contributed by atoms with E-state index in [2.05, 4.69) is 6.92 Å². The number of rotatable bonds is 6. The fourth-order valence-electron chi connectivity index (χ4n) is 2.68. The van der Waals surface area contributed by atoms with Crippen molar-refractivity contribution in [1.29, 1.82) is 0 Å². The third kappa shape index (κ3) is 2.92. The van der Waals surface area contributed by atoms with Gasteiger partial charge in [-0.2, -0.15) is 0 Å².